The van der Waals surface area contributed by atoms with E-state index in [1.54, 1.807) is 0 Å². The molecule has 3 atom stereocenters. The number of halogens is 3. The lowest BCUT2D eigenvalue weighted by molar-refractivity contribution is -0.174. The number of rotatable bonds is 4. The van der Waals surface area contributed by atoms with Crippen molar-refractivity contribution in [1.29, 1.82) is 0 Å². The van der Waals surface area contributed by atoms with Gasteiger partial charge in [-0.3, -0.25) is 4.79 Å². The standard InChI is InChI=1S/C22H28Br3NO/c1-20(2)21(18(24)25)10-11-22(20,17(21)23)19(27)26-12-8-16(9-13-26)14-15-6-4-3-5-7-15/h3-7,16-18H,8-14H2,1-2H3. The zero-order valence-electron chi connectivity index (χ0n) is 16.1. The van der Waals surface area contributed by atoms with Crippen LogP contribution in [0.25, 0.3) is 0 Å². The van der Waals surface area contributed by atoms with E-state index >= 15 is 0 Å². The Morgan fingerprint density at radius 2 is 1.78 bits per heavy atom. The number of benzene rings is 1. The van der Waals surface area contributed by atoms with Gasteiger partial charge in [0.05, 0.1) is 9.15 Å². The van der Waals surface area contributed by atoms with Crippen molar-refractivity contribution in [2.45, 2.75) is 54.5 Å². The molecule has 1 saturated heterocycles. The molecule has 148 valence electrons. The highest BCUT2D eigenvalue weighted by molar-refractivity contribution is 9.24. The van der Waals surface area contributed by atoms with Gasteiger partial charge in [-0.1, -0.05) is 92.0 Å². The summed E-state index contributed by atoms with van der Waals surface area (Å²) in [6, 6.07) is 10.8. The number of piperidine rings is 1. The average Bonchev–Trinajstić information content (AvgIpc) is 3.12. The number of carbonyl (C=O) groups excluding carboxylic acids is 1. The highest BCUT2D eigenvalue weighted by atomic mass is 79.9. The van der Waals surface area contributed by atoms with E-state index < -0.39 is 0 Å². The Morgan fingerprint density at radius 3 is 2.30 bits per heavy atom. The minimum atomic E-state index is -0.251. The summed E-state index contributed by atoms with van der Waals surface area (Å²) in [5.41, 5.74) is 1.26. The molecule has 1 aromatic carbocycles. The first-order valence-electron chi connectivity index (χ1n) is 10.0. The van der Waals surface area contributed by atoms with Gasteiger partial charge < -0.3 is 4.90 Å². The molecule has 2 bridgehead atoms. The van der Waals surface area contributed by atoms with E-state index in [1.165, 1.54) is 5.56 Å². The van der Waals surface area contributed by atoms with Gasteiger partial charge in [0.25, 0.3) is 0 Å². The van der Waals surface area contributed by atoms with E-state index in [4.69, 9.17) is 0 Å². The van der Waals surface area contributed by atoms with Gasteiger partial charge in [0, 0.05) is 23.3 Å². The summed E-state index contributed by atoms with van der Waals surface area (Å²) in [5, 5.41) is 0. The maximum absolute atomic E-state index is 13.7. The van der Waals surface area contributed by atoms with Crippen LogP contribution in [0.1, 0.15) is 45.1 Å². The predicted molar refractivity (Wildman–Crippen MR) is 122 cm³/mol. The molecule has 27 heavy (non-hydrogen) atoms. The van der Waals surface area contributed by atoms with Crippen LogP contribution in [0.2, 0.25) is 0 Å². The van der Waals surface area contributed by atoms with E-state index in [1.807, 2.05) is 0 Å². The highest BCUT2D eigenvalue weighted by Gasteiger charge is 2.83. The van der Waals surface area contributed by atoms with Crippen LogP contribution in [0.5, 0.6) is 0 Å². The lowest BCUT2D eigenvalue weighted by atomic mass is 9.43. The smallest absolute Gasteiger partial charge is 0.230 e. The number of nitrogens with zero attached hydrogens (tertiary/aromatic N) is 1. The Hall–Kier alpha value is 0.130. The summed E-state index contributed by atoms with van der Waals surface area (Å²) in [6.07, 6.45) is 5.46. The maximum atomic E-state index is 13.7. The first-order valence-corrected chi connectivity index (χ1v) is 12.8. The quantitative estimate of drug-likeness (QED) is 0.404. The van der Waals surface area contributed by atoms with Crippen LogP contribution < -0.4 is 0 Å². The van der Waals surface area contributed by atoms with E-state index in [0.717, 1.165) is 45.2 Å². The molecule has 4 aliphatic rings. The van der Waals surface area contributed by atoms with Crippen LogP contribution >= 0.6 is 47.8 Å². The monoisotopic (exact) mass is 559 g/mol. The lowest BCUT2D eigenvalue weighted by Crippen LogP contribution is -2.72. The molecule has 4 fully saturated rings. The molecular weight excluding hydrogens is 534 g/mol. The van der Waals surface area contributed by atoms with Crippen molar-refractivity contribution in [1.82, 2.24) is 4.90 Å². The fourth-order valence-corrected chi connectivity index (χ4v) is 11.1. The van der Waals surface area contributed by atoms with Gasteiger partial charge >= 0.3 is 0 Å². The normalized spacial score (nSPS) is 35.3. The Kier molecular flexibility index (Phi) is 5.38. The third-order valence-electron chi connectivity index (χ3n) is 8.14. The van der Waals surface area contributed by atoms with Crippen molar-refractivity contribution in [3.63, 3.8) is 0 Å². The molecule has 3 unspecified atom stereocenters. The number of hydrogen-bond acceptors (Lipinski definition) is 1. The zero-order chi connectivity index (χ0) is 19.4. The molecule has 1 heterocycles. The number of hydrogen-bond donors (Lipinski definition) is 0. The third-order valence-corrected chi connectivity index (χ3v) is 11.4. The highest BCUT2D eigenvalue weighted by Crippen LogP contribution is 2.82. The summed E-state index contributed by atoms with van der Waals surface area (Å²) in [4.78, 5) is 16.1. The number of fused-ring (bicyclic) bond motifs is 1. The van der Waals surface area contributed by atoms with Crippen LogP contribution in [-0.4, -0.2) is 32.5 Å². The van der Waals surface area contributed by atoms with E-state index in [2.05, 4.69) is 96.9 Å². The molecule has 5 heteroatoms. The van der Waals surface area contributed by atoms with Crippen molar-refractivity contribution in [2.75, 3.05) is 13.1 Å². The second kappa shape index (κ2) is 7.12. The number of alkyl halides is 3. The number of amides is 1. The summed E-state index contributed by atoms with van der Waals surface area (Å²) < 4.78 is 0.233. The van der Waals surface area contributed by atoms with Crippen LogP contribution in [0, 0.1) is 22.2 Å². The second-order valence-corrected chi connectivity index (χ2v) is 13.2. The van der Waals surface area contributed by atoms with E-state index in [0.29, 0.717) is 11.8 Å². The van der Waals surface area contributed by atoms with Crippen molar-refractivity contribution < 1.29 is 4.79 Å². The molecule has 1 aliphatic heterocycles. The van der Waals surface area contributed by atoms with Crippen molar-refractivity contribution in [3.8, 4) is 0 Å². The molecule has 3 saturated carbocycles. The molecular formula is C22H28Br3NO. The van der Waals surface area contributed by atoms with Crippen LogP contribution in [0.15, 0.2) is 30.3 Å². The van der Waals surface area contributed by atoms with Crippen LogP contribution in [0.4, 0.5) is 0 Å². The van der Waals surface area contributed by atoms with Crippen molar-refractivity contribution in [2.24, 2.45) is 22.2 Å². The van der Waals surface area contributed by atoms with Gasteiger partial charge in [0.15, 0.2) is 0 Å². The number of carbonyl (C=O) groups is 1. The van der Waals surface area contributed by atoms with Gasteiger partial charge in [0.1, 0.15) is 0 Å². The Bertz CT molecular complexity index is 714. The second-order valence-electron chi connectivity index (χ2n) is 9.23. The molecule has 0 N–H and O–H groups in total. The van der Waals surface area contributed by atoms with E-state index in [-0.39, 0.29) is 24.8 Å². The topological polar surface area (TPSA) is 20.3 Å². The summed E-state index contributed by atoms with van der Waals surface area (Å²) in [6.45, 7) is 6.42. The Labute approximate surface area is 188 Å². The first kappa shape index (κ1) is 20.4. The first-order chi connectivity index (χ1) is 12.8. The van der Waals surface area contributed by atoms with Crippen LogP contribution in [0.3, 0.4) is 0 Å². The maximum Gasteiger partial charge on any atom is 0.230 e. The minimum absolute atomic E-state index is 0.0101. The van der Waals surface area contributed by atoms with Gasteiger partial charge in [-0.05, 0) is 49.0 Å². The van der Waals surface area contributed by atoms with Gasteiger partial charge in [-0.15, -0.1) is 0 Å². The molecule has 3 aliphatic carbocycles. The van der Waals surface area contributed by atoms with Gasteiger partial charge in [-0.2, -0.15) is 0 Å². The summed E-state index contributed by atoms with van der Waals surface area (Å²) in [5.74, 6) is 1.08. The summed E-state index contributed by atoms with van der Waals surface area (Å²) >= 11 is 11.5. The van der Waals surface area contributed by atoms with E-state index in [9.17, 15) is 4.79 Å². The zero-order valence-corrected chi connectivity index (χ0v) is 20.8. The molecule has 0 aromatic heterocycles. The molecule has 0 radical (unpaired) electrons. The largest absolute Gasteiger partial charge is 0.342 e. The minimum Gasteiger partial charge on any atom is -0.342 e. The Balaban J connectivity index is 1.43. The molecule has 5 rings (SSSR count). The summed E-state index contributed by atoms with van der Waals surface area (Å²) in [7, 11) is 0. The predicted octanol–water partition coefficient (Wildman–Crippen LogP) is 6.15. The molecule has 1 aromatic rings. The SMILES string of the molecule is CC1(C)C2(C(=O)N3CCC(Cc4ccccc4)CC3)CCC1(C(Br)Br)C2Br. The fourth-order valence-electron chi connectivity index (χ4n) is 6.24. The van der Waals surface area contributed by atoms with Crippen molar-refractivity contribution >= 4 is 53.7 Å². The van der Waals surface area contributed by atoms with Gasteiger partial charge in [-0.25, -0.2) is 0 Å². The number of likely N-dealkylation sites (tertiary alicyclic amines) is 1. The molecule has 1 amide bonds. The average molecular weight is 562 g/mol. The molecule has 0 spiro atoms. The van der Waals surface area contributed by atoms with Crippen molar-refractivity contribution in [3.05, 3.63) is 35.9 Å². The van der Waals surface area contributed by atoms with Crippen LogP contribution in [-0.2, 0) is 11.2 Å². The van der Waals surface area contributed by atoms with Gasteiger partial charge in [0.2, 0.25) is 5.91 Å². The lowest BCUT2D eigenvalue weighted by Gasteiger charge is -2.67. The Morgan fingerprint density at radius 1 is 1.15 bits per heavy atom. The third kappa shape index (κ3) is 2.70. The molecule has 2 nitrogen and oxygen atoms in total. The fraction of sp³-hybridized carbons (Fsp3) is 0.682.